The first-order chi connectivity index (χ1) is 17.3. The molecule has 7 saturated carbocycles. The van der Waals surface area contributed by atoms with Crippen molar-refractivity contribution in [3.05, 3.63) is 30.2 Å². The van der Waals surface area contributed by atoms with E-state index in [-0.39, 0.29) is 22.7 Å². The molecule has 2 aromatic rings. The van der Waals surface area contributed by atoms with Gasteiger partial charge in [-0.1, -0.05) is 17.3 Å². The van der Waals surface area contributed by atoms with E-state index in [2.05, 4.69) is 10.1 Å². The van der Waals surface area contributed by atoms with Gasteiger partial charge in [0.2, 0.25) is 17.6 Å². The quantitative estimate of drug-likeness (QED) is 0.483. The molecule has 190 valence electrons. The van der Waals surface area contributed by atoms with Gasteiger partial charge in [0.15, 0.2) is 0 Å². The molecule has 8 heteroatoms. The molecule has 1 heterocycles. The molecule has 0 spiro atoms. The second-order valence-corrected chi connectivity index (χ2v) is 12.4. The van der Waals surface area contributed by atoms with Crippen LogP contribution in [0, 0.1) is 16.2 Å². The Morgan fingerprint density at radius 3 is 2.39 bits per heavy atom. The Balaban J connectivity index is 1.18. The number of aromatic nitrogens is 2. The lowest BCUT2D eigenvalue weighted by Crippen LogP contribution is -2.71. The topological polar surface area (TPSA) is 85.5 Å². The number of halogens is 1. The van der Waals surface area contributed by atoms with Gasteiger partial charge < -0.3 is 14.2 Å². The van der Waals surface area contributed by atoms with E-state index in [1.807, 2.05) is 29.2 Å². The largest absolute Gasteiger partial charge is 0.469 e. The minimum Gasteiger partial charge on any atom is -0.469 e. The molecule has 0 radical (unpaired) electrons. The first-order valence-electron chi connectivity index (χ1n) is 13.3. The van der Waals surface area contributed by atoms with Crippen LogP contribution in [0.15, 0.2) is 28.8 Å². The third-order valence-corrected chi connectivity index (χ3v) is 9.96. The lowest BCUT2D eigenvalue weighted by Gasteiger charge is -2.65. The van der Waals surface area contributed by atoms with Crippen molar-refractivity contribution < 1.29 is 23.2 Å². The van der Waals surface area contributed by atoms with Crippen LogP contribution in [0.3, 0.4) is 0 Å². The molecule has 7 aliphatic rings. The molecule has 7 fully saturated rings. The highest BCUT2D eigenvalue weighted by Crippen LogP contribution is 2.70. The fourth-order valence-electron chi connectivity index (χ4n) is 7.48. The average Bonchev–Trinajstić information content (AvgIpc) is 3.61. The molecule has 4 bridgehead atoms. The van der Waals surface area contributed by atoms with E-state index in [1.54, 1.807) is 0 Å². The van der Waals surface area contributed by atoms with Crippen molar-refractivity contribution >= 4 is 17.6 Å². The van der Waals surface area contributed by atoms with Gasteiger partial charge in [0, 0.05) is 23.7 Å². The molecule has 0 atom stereocenters. The van der Waals surface area contributed by atoms with Crippen LogP contribution in [0.5, 0.6) is 0 Å². The summed E-state index contributed by atoms with van der Waals surface area (Å²) in [6.07, 6.45) is 8.25. The van der Waals surface area contributed by atoms with Crippen molar-refractivity contribution in [3.8, 4) is 11.4 Å². The number of esters is 1. The van der Waals surface area contributed by atoms with Crippen LogP contribution >= 0.6 is 0 Å². The van der Waals surface area contributed by atoms with Gasteiger partial charge in [-0.2, -0.15) is 4.98 Å². The fraction of sp³-hybridized carbons (Fsp3) is 0.643. The predicted molar refractivity (Wildman–Crippen MR) is 129 cm³/mol. The number of ether oxygens (including phenoxy) is 1. The van der Waals surface area contributed by atoms with Crippen LogP contribution in [0.4, 0.5) is 10.1 Å². The maximum Gasteiger partial charge on any atom is 0.311 e. The third-order valence-electron chi connectivity index (χ3n) is 9.96. The van der Waals surface area contributed by atoms with E-state index < -0.39 is 11.1 Å². The second kappa shape index (κ2) is 7.39. The molecule has 7 aliphatic carbocycles. The molecule has 7 nitrogen and oxygen atoms in total. The summed E-state index contributed by atoms with van der Waals surface area (Å²) < 4.78 is 25.0. The summed E-state index contributed by atoms with van der Waals surface area (Å²) in [5.41, 5.74) is -0.485. The van der Waals surface area contributed by atoms with Crippen LogP contribution in [0.2, 0.25) is 0 Å². The number of benzene rings is 1. The first-order valence-corrected chi connectivity index (χ1v) is 13.3. The number of methoxy groups -OCH3 is 1. The number of fused-ring (bicyclic) bond motifs is 3. The zero-order valence-corrected chi connectivity index (χ0v) is 20.7. The van der Waals surface area contributed by atoms with Crippen molar-refractivity contribution in [1.82, 2.24) is 10.1 Å². The molecule has 1 aromatic carbocycles. The summed E-state index contributed by atoms with van der Waals surface area (Å²) in [5.74, 6) is 1.54. The number of anilines is 1. The van der Waals surface area contributed by atoms with E-state index in [0.29, 0.717) is 43.4 Å². The monoisotopic (exact) mass is 493 g/mol. The normalized spacial score (nSPS) is 36.1. The molecular weight excluding hydrogens is 461 g/mol. The van der Waals surface area contributed by atoms with Crippen molar-refractivity contribution in [2.75, 3.05) is 18.6 Å². The van der Waals surface area contributed by atoms with E-state index in [4.69, 9.17) is 9.26 Å². The molecule has 1 amide bonds. The zero-order valence-electron chi connectivity index (χ0n) is 20.7. The lowest BCUT2D eigenvalue weighted by molar-refractivity contribution is -0.211. The zero-order chi connectivity index (χ0) is 24.8. The summed E-state index contributed by atoms with van der Waals surface area (Å²) in [6, 6.07) is 7.80. The van der Waals surface area contributed by atoms with Crippen LogP contribution in [-0.4, -0.2) is 41.3 Å². The van der Waals surface area contributed by atoms with Crippen molar-refractivity contribution in [3.63, 3.8) is 0 Å². The van der Waals surface area contributed by atoms with Gasteiger partial charge in [0.05, 0.1) is 17.9 Å². The maximum atomic E-state index is 14.4. The molecule has 0 aliphatic heterocycles. The van der Waals surface area contributed by atoms with Crippen LogP contribution in [0.1, 0.15) is 82.4 Å². The maximum absolute atomic E-state index is 14.4. The van der Waals surface area contributed by atoms with Gasteiger partial charge in [-0.05, 0) is 88.2 Å². The van der Waals surface area contributed by atoms with Crippen LogP contribution in [-0.2, 0) is 14.3 Å². The lowest BCUT2D eigenvalue weighted by atomic mass is 9.41. The summed E-state index contributed by atoms with van der Waals surface area (Å²) in [4.78, 5) is 33.0. The van der Waals surface area contributed by atoms with Crippen molar-refractivity contribution in [2.24, 2.45) is 16.2 Å². The fourth-order valence-corrected chi connectivity index (χ4v) is 7.48. The number of carbonyl (C=O) groups is 2. The number of carbonyl (C=O) groups excluding carboxylic acids is 2. The van der Waals surface area contributed by atoms with Gasteiger partial charge in [-0.15, -0.1) is 0 Å². The SMILES string of the molecule is COC(=O)C12CCC(CN(C(=O)C34CC(F)(C3)C4)c3cccc(-c4noc(C5CC5)n4)c3)(CC1)CC2. The third kappa shape index (κ3) is 3.28. The summed E-state index contributed by atoms with van der Waals surface area (Å²) in [7, 11) is 1.47. The highest BCUT2D eigenvalue weighted by Gasteiger charge is 2.73. The van der Waals surface area contributed by atoms with Gasteiger partial charge in [0.25, 0.3) is 0 Å². The number of amides is 1. The summed E-state index contributed by atoms with van der Waals surface area (Å²) >= 11 is 0. The standard InChI is InChI=1S/C28H32FN3O4/c1-35-24(34)26-10-7-25(8-11-26,9-12-26)17-32(23(33)27-14-28(29,15-27)16-27)20-4-2-3-19(13-20)21-30-22(36-31-21)18-5-6-18/h2-4,13,18H,5-12,14-17H2,1H3. The minimum atomic E-state index is -1.14. The predicted octanol–water partition coefficient (Wildman–Crippen LogP) is 5.35. The van der Waals surface area contributed by atoms with Crippen LogP contribution in [0.25, 0.3) is 11.4 Å². The highest BCUT2D eigenvalue weighted by molar-refractivity contribution is 6.00. The Labute approximate surface area is 209 Å². The Morgan fingerprint density at radius 1 is 1.08 bits per heavy atom. The molecule has 9 rings (SSSR count). The van der Waals surface area contributed by atoms with Gasteiger partial charge >= 0.3 is 5.97 Å². The smallest absolute Gasteiger partial charge is 0.311 e. The van der Waals surface area contributed by atoms with Crippen molar-refractivity contribution in [2.45, 2.75) is 82.2 Å². The molecule has 1 aromatic heterocycles. The first kappa shape index (κ1) is 22.4. The molecule has 36 heavy (non-hydrogen) atoms. The van der Waals surface area contributed by atoms with Crippen LogP contribution < -0.4 is 4.90 Å². The Bertz CT molecular complexity index is 1210. The molecular formula is C28H32FN3O4. The van der Waals surface area contributed by atoms with Gasteiger partial charge in [-0.3, -0.25) is 9.59 Å². The molecule has 0 N–H and O–H groups in total. The minimum absolute atomic E-state index is 0.0377. The average molecular weight is 494 g/mol. The van der Waals surface area contributed by atoms with Crippen molar-refractivity contribution in [1.29, 1.82) is 0 Å². The summed E-state index contributed by atoms with van der Waals surface area (Å²) in [6.45, 7) is 0.590. The highest BCUT2D eigenvalue weighted by atomic mass is 19.1. The second-order valence-electron chi connectivity index (χ2n) is 12.4. The Kier molecular flexibility index (Phi) is 4.60. The van der Waals surface area contributed by atoms with E-state index in [0.717, 1.165) is 62.6 Å². The summed E-state index contributed by atoms with van der Waals surface area (Å²) in [5, 5.41) is 4.19. The van der Waals surface area contributed by atoms with Gasteiger partial charge in [0.1, 0.15) is 5.67 Å². The Morgan fingerprint density at radius 2 is 1.78 bits per heavy atom. The number of hydrogen-bond acceptors (Lipinski definition) is 6. The van der Waals surface area contributed by atoms with E-state index in [1.165, 1.54) is 7.11 Å². The molecule has 0 saturated heterocycles. The Hall–Kier alpha value is -2.77. The van der Waals surface area contributed by atoms with E-state index >= 15 is 0 Å². The molecule has 0 unspecified atom stereocenters. The number of alkyl halides is 1. The van der Waals surface area contributed by atoms with Gasteiger partial charge in [-0.25, -0.2) is 4.39 Å². The number of nitrogens with zero attached hydrogens (tertiary/aromatic N) is 3. The van der Waals surface area contributed by atoms with E-state index in [9.17, 15) is 14.0 Å². The number of rotatable bonds is 7. The number of hydrogen-bond donors (Lipinski definition) is 0.